The zero-order valence-electron chi connectivity index (χ0n) is 12.8. The average Bonchev–Trinajstić information content (AvgIpc) is 2.37. The van der Waals surface area contributed by atoms with E-state index >= 15 is 0 Å². The minimum atomic E-state index is -0.747. The van der Waals surface area contributed by atoms with Crippen molar-refractivity contribution in [1.82, 2.24) is 4.90 Å². The molecule has 0 bridgehead atoms. The molecule has 0 aromatic rings. The Morgan fingerprint density at radius 3 is 2.35 bits per heavy atom. The summed E-state index contributed by atoms with van der Waals surface area (Å²) in [4.78, 5) is 24.6. The molecule has 1 unspecified atom stereocenters. The molecule has 1 aliphatic rings. The van der Waals surface area contributed by atoms with Crippen LogP contribution in [0.1, 0.15) is 46.5 Å². The lowest BCUT2D eigenvalue weighted by molar-refractivity contribution is -0.146. The number of likely N-dealkylation sites (tertiary alicyclic amines) is 1. The molecule has 0 aliphatic carbocycles. The SMILES string of the molecule is CC(C)CC(C)OCCC(=O)N1CCC(C(=O)O)CC1. The van der Waals surface area contributed by atoms with Crippen molar-refractivity contribution in [1.29, 1.82) is 0 Å². The molecule has 1 N–H and O–H groups in total. The minimum Gasteiger partial charge on any atom is -0.481 e. The Kier molecular flexibility index (Phi) is 6.99. The molecule has 1 heterocycles. The van der Waals surface area contributed by atoms with Crippen molar-refractivity contribution in [3.63, 3.8) is 0 Å². The van der Waals surface area contributed by atoms with Crippen LogP contribution < -0.4 is 0 Å². The maximum atomic E-state index is 12.0. The van der Waals surface area contributed by atoms with E-state index < -0.39 is 5.97 Å². The van der Waals surface area contributed by atoms with Crippen molar-refractivity contribution in [2.45, 2.75) is 52.6 Å². The highest BCUT2D eigenvalue weighted by atomic mass is 16.5. The summed E-state index contributed by atoms with van der Waals surface area (Å²) in [7, 11) is 0. The molecule has 0 saturated carbocycles. The molecule has 0 spiro atoms. The molecule has 1 fully saturated rings. The lowest BCUT2D eigenvalue weighted by atomic mass is 9.97. The van der Waals surface area contributed by atoms with Gasteiger partial charge in [0.2, 0.25) is 5.91 Å². The summed E-state index contributed by atoms with van der Waals surface area (Å²) < 4.78 is 5.63. The summed E-state index contributed by atoms with van der Waals surface area (Å²) in [5.74, 6) is -0.370. The first kappa shape index (κ1) is 17.0. The monoisotopic (exact) mass is 285 g/mol. The van der Waals surface area contributed by atoms with Crippen LogP contribution in [0.2, 0.25) is 0 Å². The number of carbonyl (C=O) groups is 2. The maximum Gasteiger partial charge on any atom is 0.306 e. The number of nitrogens with zero attached hydrogens (tertiary/aromatic N) is 1. The van der Waals surface area contributed by atoms with E-state index in [-0.39, 0.29) is 17.9 Å². The Bertz CT molecular complexity index is 322. The second-order valence-corrected chi connectivity index (χ2v) is 6.05. The van der Waals surface area contributed by atoms with Gasteiger partial charge in [0.05, 0.1) is 25.0 Å². The van der Waals surface area contributed by atoms with Crippen LogP contribution in [0.25, 0.3) is 0 Å². The highest BCUT2D eigenvalue weighted by molar-refractivity contribution is 5.77. The van der Waals surface area contributed by atoms with Crippen molar-refractivity contribution < 1.29 is 19.4 Å². The maximum absolute atomic E-state index is 12.0. The second-order valence-electron chi connectivity index (χ2n) is 6.05. The van der Waals surface area contributed by atoms with Gasteiger partial charge in [-0.2, -0.15) is 0 Å². The van der Waals surface area contributed by atoms with Gasteiger partial charge in [-0.05, 0) is 32.1 Å². The fourth-order valence-corrected chi connectivity index (χ4v) is 2.61. The molecule has 1 aliphatic heterocycles. The number of piperidine rings is 1. The number of carboxylic acids is 1. The molecule has 1 rings (SSSR count). The first-order valence-corrected chi connectivity index (χ1v) is 7.52. The van der Waals surface area contributed by atoms with E-state index in [4.69, 9.17) is 9.84 Å². The molecule has 20 heavy (non-hydrogen) atoms. The van der Waals surface area contributed by atoms with Crippen molar-refractivity contribution in [2.75, 3.05) is 19.7 Å². The minimum absolute atomic E-state index is 0.0746. The van der Waals surface area contributed by atoms with Gasteiger partial charge >= 0.3 is 5.97 Å². The third kappa shape index (κ3) is 5.90. The van der Waals surface area contributed by atoms with Crippen LogP contribution in [-0.2, 0) is 14.3 Å². The van der Waals surface area contributed by atoms with Crippen LogP contribution in [-0.4, -0.2) is 47.7 Å². The van der Waals surface area contributed by atoms with Crippen LogP contribution in [0.5, 0.6) is 0 Å². The van der Waals surface area contributed by atoms with Gasteiger partial charge in [0.25, 0.3) is 0 Å². The topological polar surface area (TPSA) is 66.8 Å². The smallest absolute Gasteiger partial charge is 0.306 e. The van der Waals surface area contributed by atoms with E-state index in [2.05, 4.69) is 13.8 Å². The van der Waals surface area contributed by atoms with Crippen molar-refractivity contribution in [2.24, 2.45) is 11.8 Å². The van der Waals surface area contributed by atoms with E-state index in [0.29, 0.717) is 44.9 Å². The van der Waals surface area contributed by atoms with Gasteiger partial charge in [0, 0.05) is 13.1 Å². The lowest BCUT2D eigenvalue weighted by Crippen LogP contribution is -2.40. The summed E-state index contributed by atoms with van der Waals surface area (Å²) in [6, 6.07) is 0. The molecular formula is C15H27NO4. The van der Waals surface area contributed by atoms with E-state index in [1.165, 1.54) is 0 Å². The molecule has 1 amide bonds. The van der Waals surface area contributed by atoms with Gasteiger partial charge < -0.3 is 14.7 Å². The first-order chi connectivity index (χ1) is 9.40. The van der Waals surface area contributed by atoms with E-state index in [0.717, 1.165) is 6.42 Å². The fraction of sp³-hybridized carbons (Fsp3) is 0.867. The summed E-state index contributed by atoms with van der Waals surface area (Å²) >= 11 is 0. The quantitative estimate of drug-likeness (QED) is 0.778. The van der Waals surface area contributed by atoms with Crippen LogP contribution in [0.3, 0.4) is 0 Å². The molecule has 1 atom stereocenters. The molecule has 5 heteroatoms. The number of rotatable bonds is 7. The average molecular weight is 285 g/mol. The number of hydrogen-bond donors (Lipinski definition) is 1. The number of hydrogen-bond acceptors (Lipinski definition) is 3. The molecule has 0 aromatic carbocycles. The molecule has 0 radical (unpaired) electrons. The Labute approximate surface area is 121 Å². The molecule has 116 valence electrons. The standard InChI is InChI=1S/C15H27NO4/c1-11(2)10-12(3)20-9-6-14(17)16-7-4-13(5-8-16)15(18)19/h11-13H,4-10H2,1-3H3,(H,18,19). The van der Waals surface area contributed by atoms with Gasteiger partial charge in [-0.1, -0.05) is 13.8 Å². The summed E-state index contributed by atoms with van der Waals surface area (Å²) in [6.45, 7) is 7.89. The molecule has 1 saturated heterocycles. The molecule has 5 nitrogen and oxygen atoms in total. The van der Waals surface area contributed by atoms with Crippen LogP contribution >= 0.6 is 0 Å². The fourth-order valence-electron chi connectivity index (χ4n) is 2.61. The summed E-state index contributed by atoms with van der Waals surface area (Å²) in [6.07, 6.45) is 2.69. The van der Waals surface area contributed by atoms with Gasteiger partial charge in [0.1, 0.15) is 0 Å². The third-order valence-electron chi connectivity index (χ3n) is 3.72. The zero-order valence-corrected chi connectivity index (χ0v) is 12.8. The Morgan fingerprint density at radius 1 is 1.25 bits per heavy atom. The summed E-state index contributed by atoms with van der Waals surface area (Å²) in [5.41, 5.74) is 0. The Hall–Kier alpha value is -1.10. The van der Waals surface area contributed by atoms with Crippen LogP contribution in [0.4, 0.5) is 0 Å². The number of amides is 1. The lowest BCUT2D eigenvalue weighted by Gasteiger charge is -2.30. The largest absolute Gasteiger partial charge is 0.481 e. The number of carbonyl (C=O) groups excluding carboxylic acids is 1. The van der Waals surface area contributed by atoms with E-state index in [9.17, 15) is 9.59 Å². The highest BCUT2D eigenvalue weighted by Crippen LogP contribution is 2.18. The van der Waals surface area contributed by atoms with Crippen LogP contribution in [0.15, 0.2) is 0 Å². The second kappa shape index (κ2) is 8.25. The van der Waals surface area contributed by atoms with Gasteiger partial charge in [0.15, 0.2) is 0 Å². The Morgan fingerprint density at radius 2 is 1.85 bits per heavy atom. The number of ether oxygens (including phenoxy) is 1. The van der Waals surface area contributed by atoms with Crippen molar-refractivity contribution >= 4 is 11.9 Å². The number of carboxylic acid groups (broad SMARTS) is 1. The van der Waals surface area contributed by atoms with Crippen molar-refractivity contribution in [3.05, 3.63) is 0 Å². The molecular weight excluding hydrogens is 258 g/mol. The predicted octanol–water partition coefficient (Wildman–Crippen LogP) is 2.15. The predicted molar refractivity (Wildman–Crippen MR) is 76.4 cm³/mol. The first-order valence-electron chi connectivity index (χ1n) is 7.52. The Balaban J connectivity index is 2.19. The van der Waals surface area contributed by atoms with Gasteiger partial charge in [-0.25, -0.2) is 0 Å². The normalized spacial score (nSPS) is 18.3. The highest BCUT2D eigenvalue weighted by Gasteiger charge is 2.26. The van der Waals surface area contributed by atoms with Crippen molar-refractivity contribution in [3.8, 4) is 0 Å². The van der Waals surface area contributed by atoms with E-state index in [1.807, 2.05) is 6.92 Å². The van der Waals surface area contributed by atoms with E-state index in [1.54, 1.807) is 4.90 Å². The third-order valence-corrected chi connectivity index (χ3v) is 3.72. The summed E-state index contributed by atoms with van der Waals surface area (Å²) in [5, 5.41) is 8.91. The van der Waals surface area contributed by atoms with Crippen LogP contribution in [0, 0.1) is 11.8 Å². The van der Waals surface area contributed by atoms with Gasteiger partial charge in [-0.3, -0.25) is 9.59 Å². The van der Waals surface area contributed by atoms with Gasteiger partial charge in [-0.15, -0.1) is 0 Å². The zero-order chi connectivity index (χ0) is 15.1. The molecule has 0 aromatic heterocycles. The number of aliphatic carboxylic acids is 1.